The van der Waals surface area contributed by atoms with Gasteiger partial charge >= 0.3 is 0 Å². The van der Waals surface area contributed by atoms with Crippen molar-refractivity contribution in [2.24, 2.45) is 0 Å². The van der Waals surface area contributed by atoms with Gasteiger partial charge in [-0.2, -0.15) is 0 Å². The zero-order chi connectivity index (χ0) is 15.7. The van der Waals surface area contributed by atoms with E-state index in [2.05, 4.69) is 12.6 Å². The second kappa shape index (κ2) is 9.59. The highest BCUT2D eigenvalue weighted by molar-refractivity contribution is 7.80. The van der Waals surface area contributed by atoms with Gasteiger partial charge in [-0.15, -0.1) is 12.6 Å². The standard InChI is InChI=1S/C14H19NO2S.C2H6/c1-4-14(17)15(10(2)11(3)16)9-12-7-5-6-8-13(12)18;1-2/h5-8,10,18H,4,9H2,1-3H3;1-2H3/t10-;/m0./s1. The van der Waals surface area contributed by atoms with E-state index in [-0.39, 0.29) is 11.7 Å². The fourth-order valence-corrected chi connectivity index (χ4v) is 1.92. The fraction of sp³-hybridized carbons (Fsp3) is 0.500. The molecule has 0 aliphatic rings. The van der Waals surface area contributed by atoms with Crippen molar-refractivity contribution in [2.75, 3.05) is 0 Å². The van der Waals surface area contributed by atoms with Gasteiger partial charge in [-0.05, 0) is 25.5 Å². The highest BCUT2D eigenvalue weighted by atomic mass is 32.1. The Balaban J connectivity index is 0.00000172. The monoisotopic (exact) mass is 295 g/mol. The van der Waals surface area contributed by atoms with Crippen LogP contribution < -0.4 is 0 Å². The molecule has 0 fully saturated rings. The highest BCUT2D eigenvalue weighted by Crippen LogP contribution is 2.17. The summed E-state index contributed by atoms with van der Waals surface area (Å²) in [5.41, 5.74) is 0.954. The smallest absolute Gasteiger partial charge is 0.223 e. The summed E-state index contributed by atoms with van der Waals surface area (Å²) < 4.78 is 0. The second-order valence-corrected chi connectivity index (χ2v) is 4.77. The first-order valence-corrected chi connectivity index (χ1v) is 7.48. The average Bonchev–Trinajstić information content (AvgIpc) is 2.47. The van der Waals surface area contributed by atoms with Gasteiger partial charge in [0.1, 0.15) is 0 Å². The van der Waals surface area contributed by atoms with Crippen molar-refractivity contribution < 1.29 is 9.59 Å². The summed E-state index contributed by atoms with van der Waals surface area (Å²) in [6.45, 7) is 9.49. The minimum Gasteiger partial charge on any atom is -0.329 e. The van der Waals surface area contributed by atoms with Gasteiger partial charge in [0.2, 0.25) is 5.91 Å². The van der Waals surface area contributed by atoms with Crippen LogP contribution in [0.3, 0.4) is 0 Å². The zero-order valence-electron chi connectivity index (χ0n) is 13.0. The van der Waals surface area contributed by atoms with Crippen LogP contribution in [0.25, 0.3) is 0 Å². The molecule has 112 valence electrons. The van der Waals surface area contributed by atoms with E-state index in [1.165, 1.54) is 6.92 Å². The normalized spacial score (nSPS) is 11.1. The van der Waals surface area contributed by atoms with Crippen molar-refractivity contribution in [3.05, 3.63) is 29.8 Å². The molecule has 0 heterocycles. The van der Waals surface area contributed by atoms with Crippen molar-refractivity contribution in [1.29, 1.82) is 0 Å². The summed E-state index contributed by atoms with van der Waals surface area (Å²) in [5, 5.41) is 0. The number of benzene rings is 1. The number of amides is 1. The average molecular weight is 295 g/mol. The fourth-order valence-electron chi connectivity index (χ4n) is 1.69. The van der Waals surface area contributed by atoms with E-state index in [0.717, 1.165) is 10.5 Å². The summed E-state index contributed by atoms with van der Waals surface area (Å²) in [4.78, 5) is 25.8. The number of carbonyl (C=O) groups excluding carboxylic acids is 2. The first kappa shape index (κ1) is 18.7. The van der Waals surface area contributed by atoms with Gasteiger partial charge in [0.15, 0.2) is 5.78 Å². The van der Waals surface area contributed by atoms with Gasteiger partial charge in [0, 0.05) is 17.9 Å². The van der Waals surface area contributed by atoms with E-state index in [0.29, 0.717) is 13.0 Å². The Morgan fingerprint density at radius 1 is 1.25 bits per heavy atom. The summed E-state index contributed by atoms with van der Waals surface area (Å²) in [5.74, 6) is -0.0252. The molecule has 3 nitrogen and oxygen atoms in total. The molecule has 0 bridgehead atoms. The number of nitrogens with zero attached hydrogens (tertiary/aromatic N) is 1. The number of ketones is 1. The third-order valence-corrected chi connectivity index (χ3v) is 3.45. The number of Topliss-reactive ketones (excluding diaryl/α,β-unsaturated/α-hetero) is 1. The molecule has 0 aliphatic heterocycles. The Morgan fingerprint density at radius 3 is 2.25 bits per heavy atom. The Morgan fingerprint density at radius 2 is 1.80 bits per heavy atom. The van der Waals surface area contributed by atoms with Crippen LogP contribution in [0.4, 0.5) is 0 Å². The lowest BCUT2D eigenvalue weighted by molar-refractivity contribution is -0.138. The lowest BCUT2D eigenvalue weighted by atomic mass is 10.1. The molecule has 1 aromatic carbocycles. The molecule has 0 saturated carbocycles. The maximum atomic E-state index is 11.9. The molecule has 0 aliphatic carbocycles. The first-order valence-electron chi connectivity index (χ1n) is 7.04. The number of hydrogen-bond acceptors (Lipinski definition) is 3. The molecule has 0 radical (unpaired) electrons. The lowest BCUT2D eigenvalue weighted by Crippen LogP contribution is -2.41. The van der Waals surface area contributed by atoms with Crippen LogP contribution in [0.2, 0.25) is 0 Å². The Labute approximate surface area is 127 Å². The predicted molar refractivity (Wildman–Crippen MR) is 86.0 cm³/mol. The van der Waals surface area contributed by atoms with E-state index >= 15 is 0 Å². The zero-order valence-corrected chi connectivity index (χ0v) is 13.9. The topological polar surface area (TPSA) is 37.4 Å². The molecule has 4 heteroatoms. The van der Waals surface area contributed by atoms with Crippen LogP contribution in [0.15, 0.2) is 29.2 Å². The molecule has 1 aromatic rings. The van der Waals surface area contributed by atoms with Crippen LogP contribution >= 0.6 is 12.6 Å². The molecule has 1 rings (SSSR count). The van der Waals surface area contributed by atoms with Crippen molar-refractivity contribution >= 4 is 24.3 Å². The van der Waals surface area contributed by atoms with E-state index < -0.39 is 6.04 Å². The minimum atomic E-state index is -0.398. The minimum absolute atomic E-state index is 0.00607. The summed E-state index contributed by atoms with van der Waals surface area (Å²) >= 11 is 4.37. The quantitative estimate of drug-likeness (QED) is 0.841. The number of hydrogen-bond donors (Lipinski definition) is 1. The molecule has 0 spiro atoms. The second-order valence-electron chi connectivity index (χ2n) is 4.29. The van der Waals surface area contributed by atoms with Crippen LogP contribution in [0, 0.1) is 0 Å². The third-order valence-electron chi connectivity index (χ3n) is 3.01. The molecular formula is C16H25NO2S. The van der Waals surface area contributed by atoms with Crippen LogP contribution in [0.5, 0.6) is 0 Å². The van der Waals surface area contributed by atoms with E-state index in [4.69, 9.17) is 0 Å². The van der Waals surface area contributed by atoms with E-state index in [1.807, 2.05) is 38.1 Å². The summed E-state index contributed by atoms with van der Waals surface area (Å²) in [6.07, 6.45) is 0.395. The van der Waals surface area contributed by atoms with Crippen LogP contribution in [0.1, 0.15) is 46.6 Å². The molecule has 0 aromatic heterocycles. The molecule has 0 N–H and O–H groups in total. The van der Waals surface area contributed by atoms with Crippen molar-refractivity contribution in [3.8, 4) is 0 Å². The van der Waals surface area contributed by atoms with Crippen molar-refractivity contribution in [1.82, 2.24) is 4.90 Å². The predicted octanol–water partition coefficient (Wildman–Crippen LogP) is 3.72. The first-order chi connectivity index (χ1) is 9.47. The van der Waals surface area contributed by atoms with Gasteiger partial charge in [-0.3, -0.25) is 9.59 Å². The van der Waals surface area contributed by atoms with Crippen molar-refractivity contribution in [3.63, 3.8) is 0 Å². The van der Waals surface area contributed by atoms with Crippen molar-refractivity contribution in [2.45, 2.75) is 58.5 Å². The third kappa shape index (κ3) is 5.37. The Kier molecular flexibility index (Phi) is 8.97. The van der Waals surface area contributed by atoms with Gasteiger partial charge in [0.05, 0.1) is 6.04 Å². The molecule has 0 unspecified atom stereocenters. The highest BCUT2D eigenvalue weighted by Gasteiger charge is 2.22. The van der Waals surface area contributed by atoms with E-state index in [1.54, 1.807) is 18.7 Å². The molecule has 1 atom stereocenters. The molecular weight excluding hydrogens is 270 g/mol. The molecule has 1 amide bonds. The summed E-state index contributed by atoms with van der Waals surface area (Å²) in [7, 11) is 0. The largest absolute Gasteiger partial charge is 0.329 e. The number of carbonyl (C=O) groups is 2. The van der Waals surface area contributed by atoms with Gasteiger partial charge in [-0.25, -0.2) is 0 Å². The summed E-state index contributed by atoms with van der Waals surface area (Å²) in [6, 6.07) is 7.20. The Bertz CT molecular complexity index is 446. The Hall–Kier alpha value is -1.29. The molecule has 0 saturated heterocycles. The van der Waals surface area contributed by atoms with Gasteiger partial charge in [0.25, 0.3) is 0 Å². The SMILES string of the molecule is CC.CCC(=O)N(Cc1ccccc1S)[C@@H](C)C(C)=O. The van der Waals surface area contributed by atoms with Crippen LogP contribution in [-0.2, 0) is 16.1 Å². The lowest BCUT2D eigenvalue weighted by Gasteiger charge is -2.28. The number of thiol groups is 1. The van der Waals surface area contributed by atoms with Gasteiger partial charge in [-0.1, -0.05) is 39.0 Å². The maximum absolute atomic E-state index is 11.9. The maximum Gasteiger partial charge on any atom is 0.223 e. The van der Waals surface area contributed by atoms with Crippen LogP contribution in [-0.4, -0.2) is 22.6 Å². The van der Waals surface area contributed by atoms with Gasteiger partial charge < -0.3 is 4.90 Å². The molecule has 20 heavy (non-hydrogen) atoms. The van der Waals surface area contributed by atoms with E-state index in [9.17, 15) is 9.59 Å². The number of rotatable bonds is 5.